The summed E-state index contributed by atoms with van der Waals surface area (Å²) in [6.45, 7) is 0. The molecule has 1 heterocycles. The molecular weight excluding hydrogens is 238 g/mol. The van der Waals surface area contributed by atoms with E-state index in [0.29, 0.717) is 15.7 Å². The lowest BCUT2D eigenvalue weighted by Crippen LogP contribution is -2.51. The highest BCUT2D eigenvalue weighted by Gasteiger charge is 2.32. The number of hydrogen-bond acceptors (Lipinski definition) is 2. The van der Waals surface area contributed by atoms with Crippen LogP contribution in [0.4, 0.5) is 0 Å². The summed E-state index contributed by atoms with van der Waals surface area (Å²) in [5.41, 5.74) is 0.943. The molecule has 0 aliphatic carbocycles. The smallest absolute Gasteiger partial charge is 0.362 e. The number of aliphatic carboxylic acids is 1. The van der Waals surface area contributed by atoms with E-state index in [-0.39, 0.29) is 0 Å². The Morgan fingerprint density at radius 1 is 1.47 bits per heavy atom. The van der Waals surface area contributed by atoms with Gasteiger partial charge in [-0.1, -0.05) is 0 Å². The minimum atomic E-state index is -0.785. The quantitative estimate of drug-likeness (QED) is 0.642. The monoisotopic (exact) mass is 258 g/mol. The summed E-state index contributed by atoms with van der Waals surface area (Å²) < 4.78 is 4.78. The largest absolute Gasteiger partial charge is 0.477 e. The third-order valence-corrected chi connectivity index (χ3v) is 3.55. The van der Waals surface area contributed by atoms with E-state index in [1.54, 1.807) is 0 Å². The van der Waals surface area contributed by atoms with Gasteiger partial charge in [0.1, 0.15) is 0 Å². The van der Waals surface area contributed by atoms with Crippen LogP contribution in [0.25, 0.3) is 0 Å². The number of carboxylic acid groups (broad SMARTS) is 1. The van der Waals surface area contributed by atoms with Gasteiger partial charge in [-0.2, -0.15) is 0 Å². The lowest BCUT2D eigenvalue weighted by molar-refractivity contribution is -0.887. The van der Waals surface area contributed by atoms with Crippen molar-refractivity contribution in [2.75, 3.05) is 21.1 Å². The Labute approximate surface area is 106 Å². The second kappa shape index (κ2) is 4.62. The molecule has 0 spiro atoms. The number of quaternary nitrogens is 1. The number of imidazole rings is 1. The maximum atomic E-state index is 11.3. The predicted octanol–water partition coefficient (Wildman–Crippen LogP) is 0.795. The number of aromatic nitrogens is 2. The molecule has 1 aromatic heterocycles. The highest BCUT2D eigenvalue weighted by Crippen LogP contribution is 2.12. The summed E-state index contributed by atoms with van der Waals surface area (Å²) in [4.78, 5) is 11.3. The molecule has 0 saturated carbocycles. The fourth-order valence-electron chi connectivity index (χ4n) is 1.81. The van der Waals surface area contributed by atoms with E-state index < -0.39 is 12.0 Å². The van der Waals surface area contributed by atoms with Crippen LogP contribution in [0.2, 0.25) is 0 Å². The predicted molar refractivity (Wildman–Crippen MR) is 68.4 cm³/mol. The highest BCUT2D eigenvalue weighted by atomic mass is 32.1. The molecule has 17 heavy (non-hydrogen) atoms. The third kappa shape index (κ3) is 2.95. The summed E-state index contributed by atoms with van der Waals surface area (Å²) in [6.07, 6.45) is 2.37. The second-order valence-corrected chi connectivity index (χ2v) is 5.61. The zero-order chi connectivity index (χ0) is 13.4. The van der Waals surface area contributed by atoms with Crippen molar-refractivity contribution < 1.29 is 14.4 Å². The van der Waals surface area contributed by atoms with Gasteiger partial charge >= 0.3 is 5.97 Å². The molecule has 0 aliphatic rings. The normalized spacial score (nSPS) is 13.7. The van der Waals surface area contributed by atoms with Crippen molar-refractivity contribution in [1.29, 1.82) is 0 Å². The van der Waals surface area contributed by atoms with Crippen molar-refractivity contribution in [2.45, 2.75) is 12.5 Å². The minimum absolute atomic E-state index is 0.386. The van der Waals surface area contributed by atoms with Crippen LogP contribution in [0.5, 0.6) is 0 Å². The van der Waals surface area contributed by atoms with Crippen LogP contribution in [0, 0.1) is 4.77 Å². The molecule has 1 aromatic rings. The Balaban J connectivity index is 3.07. The molecule has 0 saturated heterocycles. The first-order chi connectivity index (χ1) is 7.64. The van der Waals surface area contributed by atoms with Crippen molar-refractivity contribution in [3.63, 3.8) is 0 Å². The van der Waals surface area contributed by atoms with Crippen molar-refractivity contribution in [3.05, 3.63) is 16.7 Å². The molecule has 6 heteroatoms. The van der Waals surface area contributed by atoms with Crippen LogP contribution < -0.4 is 0 Å². The molecule has 5 nitrogen and oxygen atoms in total. The lowest BCUT2D eigenvalue weighted by atomic mass is 10.1. The van der Waals surface area contributed by atoms with E-state index >= 15 is 0 Å². The topological polar surface area (TPSA) is 47.2 Å². The maximum Gasteiger partial charge on any atom is 0.362 e. The fourth-order valence-corrected chi connectivity index (χ4v) is 1.97. The average molecular weight is 258 g/mol. The van der Waals surface area contributed by atoms with Crippen molar-refractivity contribution in [1.82, 2.24) is 9.13 Å². The van der Waals surface area contributed by atoms with Crippen LogP contribution >= 0.6 is 12.2 Å². The first-order valence-electron chi connectivity index (χ1n) is 5.39. The summed E-state index contributed by atoms with van der Waals surface area (Å²) in [5, 5.41) is 9.28. The molecule has 1 atom stereocenters. The van der Waals surface area contributed by atoms with Crippen LogP contribution in [-0.2, 0) is 25.3 Å². The van der Waals surface area contributed by atoms with E-state index in [1.165, 1.54) is 0 Å². The SMILES string of the molecule is Cn1cc(C[C@@H](C(=O)O)[N+](C)(C)C)n(C)c1=S. The number of rotatable bonds is 4. The molecule has 0 unspecified atom stereocenters. The van der Waals surface area contributed by atoms with E-state index in [2.05, 4.69) is 0 Å². The number of likely N-dealkylation sites (N-methyl/N-ethyl adjacent to an activating group) is 1. The number of hydrogen-bond donors (Lipinski definition) is 1. The lowest BCUT2D eigenvalue weighted by Gasteiger charge is -2.31. The Kier molecular flexibility index (Phi) is 3.78. The number of aryl methyl sites for hydroxylation is 1. The average Bonchev–Trinajstić information content (AvgIpc) is 2.40. The van der Waals surface area contributed by atoms with Gasteiger partial charge in [0.05, 0.1) is 27.6 Å². The Morgan fingerprint density at radius 3 is 2.29 bits per heavy atom. The summed E-state index contributed by atoms with van der Waals surface area (Å²) in [6, 6.07) is -0.474. The molecular formula is C11H20N3O2S+. The zero-order valence-corrected chi connectivity index (χ0v) is 11.8. The summed E-state index contributed by atoms with van der Waals surface area (Å²) in [7, 11) is 9.39. The van der Waals surface area contributed by atoms with Gasteiger partial charge in [-0.05, 0) is 12.2 Å². The Bertz CT molecular complexity index is 482. The molecule has 0 aliphatic heterocycles. The Hall–Kier alpha value is -1.14. The van der Waals surface area contributed by atoms with E-state index in [0.717, 1.165) is 5.69 Å². The molecule has 0 aromatic carbocycles. The van der Waals surface area contributed by atoms with Gasteiger partial charge in [-0.25, -0.2) is 4.79 Å². The standard InChI is InChI=1S/C11H19N3O2S/c1-12-7-8(13(2)11(12)17)6-9(10(15)16)14(3,4)5/h7,9H,6H2,1-5H3/p+1/t9-/m0/s1. The van der Waals surface area contributed by atoms with Gasteiger partial charge in [0.25, 0.3) is 0 Å². The molecule has 0 amide bonds. The minimum Gasteiger partial charge on any atom is -0.477 e. The van der Waals surface area contributed by atoms with E-state index in [9.17, 15) is 9.90 Å². The highest BCUT2D eigenvalue weighted by molar-refractivity contribution is 7.71. The van der Waals surface area contributed by atoms with Gasteiger partial charge < -0.3 is 18.7 Å². The summed E-state index contributed by atoms with van der Waals surface area (Å²) >= 11 is 5.20. The van der Waals surface area contributed by atoms with E-state index in [1.807, 2.05) is 50.6 Å². The van der Waals surface area contributed by atoms with Gasteiger partial charge in [0, 0.05) is 26.0 Å². The zero-order valence-electron chi connectivity index (χ0n) is 11.0. The maximum absolute atomic E-state index is 11.3. The van der Waals surface area contributed by atoms with Crippen LogP contribution in [0.1, 0.15) is 5.69 Å². The number of nitrogens with zero attached hydrogens (tertiary/aromatic N) is 3. The van der Waals surface area contributed by atoms with Crippen molar-refractivity contribution in [2.24, 2.45) is 14.1 Å². The number of carbonyl (C=O) groups is 1. The van der Waals surface area contributed by atoms with E-state index in [4.69, 9.17) is 12.2 Å². The van der Waals surface area contributed by atoms with Crippen molar-refractivity contribution in [3.8, 4) is 0 Å². The first-order valence-corrected chi connectivity index (χ1v) is 5.80. The van der Waals surface area contributed by atoms with Gasteiger partial charge in [0.2, 0.25) is 0 Å². The molecule has 96 valence electrons. The Morgan fingerprint density at radius 2 is 2.00 bits per heavy atom. The number of carboxylic acids is 1. The summed E-state index contributed by atoms with van der Waals surface area (Å²) in [5.74, 6) is -0.785. The van der Waals surface area contributed by atoms with Gasteiger partial charge in [-0.3, -0.25) is 0 Å². The van der Waals surface area contributed by atoms with Crippen LogP contribution in [0.15, 0.2) is 6.20 Å². The first kappa shape index (κ1) is 13.9. The van der Waals surface area contributed by atoms with Crippen LogP contribution in [-0.4, -0.2) is 51.9 Å². The molecule has 1 rings (SSSR count). The van der Waals surface area contributed by atoms with Crippen LogP contribution in [0.3, 0.4) is 0 Å². The molecule has 0 radical (unpaired) electrons. The third-order valence-electron chi connectivity index (χ3n) is 2.98. The van der Waals surface area contributed by atoms with Crippen molar-refractivity contribution >= 4 is 18.2 Å². The molecule has 1 N–H and O–H groups in total. The fraction of sp³-hybridized carbons (Fsp3) is 0.636. The van der Waals surface area contributed by atoms with Gasteiger partial charge in [-0.15, -0.1) is 0 Å². The van der Waals surface area contributed by atoms with Gasteiger partial charge in [0.15, 0.2) is 10.8 Å². The second-order valence-electron chi connectivity index (χ2n) is 5.25. The molecule has 0 bridgehead atoms. The molecule has 0 fully saturated rings.